The number of benzene rings is 2. The van der Waals surface area contributed by atoms with Gasteiger partial charge >= 0.3 is 0 Å². The molecule has 0 aliphatic carbocycles. The van der Waals surface area contributed by atoms with Gasteiger partial charge in [-0.2, -0.15) is 0 Å². The molecule has 0 heterocycles. The highest BCUT2D eigenvalue weighted by atomic mass is 16.4. The van der Waals surface area contributed by atoms with Crippen molar-refractivity contribution in [1.29, 1.82) is 0 Å². The molecule has 0 spiro atoms. The van der Waals surface area contributed by atoms with Crippen molar-refractivity contribution in [3.05, 3.63) is 59.7 Å². The number of phenolic OH excluding ortho intramolecular Hbond substituents is 2. The minimum atomic E-state index is -1.61. The molecule has 0 saturated heterocycles. The Hall–Kier alpha value is -4.16. The standard InChI is InChI=1S/C24H28N2O10/c27-17-5-1-15(2-6-17)11-19(23(33)34)25(13-21(29)30)9-10-26(14-22(31)32)20(24(35)36)12-16-3-7-18(28)8-4-16/h1-8,19-20,27-28H,9-14H2,(H,29,30)(H,31,32)(H,33,34)(H,35,36)/p-4. The molecule has 12 heteroatoms. The van der Waals surface area contributed by atoms with Crippen LogP contribution in [0.1, 0.15) is 11.1 Å². The predicted octanol–water partition coefficient (Wildman–Crippen LogP) is -4.78. The summed E-state index contributed by atoms with van der Waals surface area (Å²) in [6.45, 7) is -2.47. The van der Waals surface area contributed by atoms with Crippen LogP contribution in [-0.2, 0) is 32.0 Å². The van der Waals surface area contributed by atoms with E-state index < -0.39 is 49.1 Å². The Bertz CT molecular complexity index is 970. The molecule has 12 nitrogen and oxygen atoms in total. The highest BCUT2D eigenvalue weighted by Crippen LogP contribution is 2.16. The fraction of sp³-hybridized carbons (Fsp3) is 0.333. The number of aromatic hydroxyl groups is 2. The number of carboxylic acid groups (broad SMARTS) is 4. The smallest absolute Gasteiger partial charge is 0.115 e. The van der Waals surface area contributed by atoms with E-state index in [9.17, 15) is 49.8 Å². The lowest BCUT2D eigenvalue weighted by Gasteiger charge is -2.37. The first-order valence-electron chi connectivity index (χ1n) is 10.8. The lowest BCUT2D eigenvalue weighted by Crippen LogP contribution is -2.57. The van der Waals surface area contributed by atoms with Crippen LogP contribution in [0.5, 0.6) is 11.5 Å². The van der Waals surface area contributed by atoms with E-state index in [0.29, 0.717) is 11.1 Å². The van der Waals surface area contributed by atoms with E-state index in [1.54, 1.807) is 0 Å². The van der Waals surface area contributed by atoms with Crippen LogP contribution in [0.4, 0.5) is 0 Å². The summed E-state index contributed by atoms with van der Waals surface area (Å²) in [5.41, 5.74) is 0.883. The molecular weight excluding hydrogens is 476 g/mol. The van der Waals surface area contributed by atoms with Crippen molar-refractivity contribution in [3.63, 3.8) is 0 Å². The first kappa shape index (κ1) is 28.1. The van der Waals surface area contributed by atoms with Gasteiger partial charge in [-0.3, -0.25) is 9.80 Å². The molecule has 2 aromatic rings. The molecule has 0 aliphatic rings. The van der Waals surface area contributed by atoms with E-state index in [2.05, 4.69) is 0 Å². The Kier molecular flexibility index (Phi) is 10.2. The van der Waals surface area contributed by atoms with E-state index in [0.717, 1.165) is 9.80 Å². The van der Waals surface area contributed by atoms with Crippen molar-refractivity contribution >= 4 is 23.9 Å². The zero-order valence-electron chi connectivity index (χ0n) is 19.1. The monoisotopic (exact) mass is 500 g/mol. The van der Waals surface area contributed by atoms with E-state index in [1.807, 2.05) is 0 Å². The normalized spacial score (nSPS) is 12.8. The van der Waals surface area contributed by atoms with Gasteiger partial charge in [0.1, 0.15) is 11.5 Å². The topological polar surface area (TPSA) is 207 Å². The van der Waals surface area contributed by atoms with Gasteiger partial charge in [0.25, 0.3) is 0 Å². The number of rotatable bonds is 15. The van der Waals surface area contributed by atoms with Gasteiger partial charge in [-0.25, -0.2) is 0 Å². The molecule has 2 rings (SSSR count). The molecule has 2 aromatic carbocycles. The number of aliphatic carboxylic acids is 4. The van der Waals surface area contributed by atoms with Crippen LogP contribution < -0.4 is 20.4 Å². The molecule has 2 N–H and O–H groups in total. The largest absolute Gasteiger partial charge is 0.549 e. The lowest BCUT2D eigenvalue weighted by molar-refractivity contribution is -0.319. The number of hydrogen-bond donors (Lipinski definition) is 2. The van der Waals surface area contributed by atoms with Crippen molar-refractivity contribution in [2.75, 3.05) is 26.2 Å². The average Bonchev–Trinajstić information content (AvgIpc) is 2.79. The first-order valence-corrected chi connectivity index (χ1v) is 10.8. The van der Waals surface area contributed by atoms with Crippen LogP contribution in [0.3, 0.4) is 0 Å². The van der Waals surface area contributed by atoms with E-state index in [4.69, 9.17) is 0 Å². The Morgan fingerprint density at radius 3 is 1.17 bits per heavy atom. The summed E-state index contributed by atoms with van der Waals surface area (Å²) in [5, 5.41) is 65.2. The molecule has 0 amide bonds. The van der Waals surface area contributed by atoms with Gasteiger partial charge in [0.15, 0.2) is 0 Å². The Morgan fingerprint density at radius 2 is 0.917 bits per heavy atom. The van der Waals surface area contributed by atoms with Gasteiger partial charge in [0.05, 0.1) is 36.0 Å². The van der Waals surface area contributed by atoms with Crippen molar-refractivity contribution in [1.82, 2.24) is 9.80 Å². The summed E-state index contributed by atoms with van der Waals surface area (Å²) in [6, 6.07) is 8.05. The minimum Gasteiger partial charge on any atom is -0.549 e. The average molecular weight is 500 g/mol. The minimum absolute atomic E-state index is 0.0600. The number of carbonyl (C=O) groups is 4. The Morgan fingerprint density at radius 1 is 0.611 bits per heavy atom. The zero-order chi connectivity index (χ0) is 26.8. The molecule has 0 aliphatic heterocycles. The fourth-order valence-corrected chi connectivity index (χ4v) is 3.71. The van der Waals surface area contributed by atoms with E-state index in [-0.39, 0.29) is 37.4 Å². The summed E-state index contributed by atoms with van der Waals surface area (Å²) in [7, 11) is 0. The predicted molar refractivity (Wildman–Crippen MR) is 114 cm³/mol. The maximum absolute atomic E-state index is 11.9. The molecule has 2 atom stereocenters. The molecular formula is C24H24N2O10-4. The second-order valence-corrected chi connectivity index (χ2v) is 8.10. The van der Waals surface area contributed by atoms with Gasteiger partial charge in [0, 0.05) is 26.2 Å². The second kappa shape index (κ2) is 13.1. The Labute approximate surface area is 206 Å². The summed E-state index contributed by atoms with van der Waals surface area (Å²) in [5.74, 6) is -6.57. The van der Waals surface area contributed by atoms with E-state index in [1.165, 1.54) is 48.5 Å². The highest BCUT2D eigenvalue weighted by molar-refractivity contribution is 5.74. The molecule has 0 fully saturated rings. The summed E-state index contributed by atoms with van der Waals surface area (Å²) >= 11 is 0. The molecule has 2 unspecified atom stereocenters. The van der Waals surface area contributed by atoms with Crippen molar-refractivity contribution < 1.29 is 49.8 Å². The molecule has 0 aromatic heterocycles. The van der Waals surface area contributed by atoms with E-state index >= 15 is 0 Å². The second-order valence-electron chi connectivity index (χ2n) is 8.10. The molecule has 0 saturated carbocycles. The maximum atomic E-state index is 11.9. The highest BCUT2D eigenvalue weighted by Gasteiger charge is 2.25. The number of phenols is 2. The third-order valence-corrected chi connectivity index (χ3v) is 5.50. The van der Waals surface area contributed by atoms with Crippen LogP contribution in [0.2, 0.25) is 0 Å². The van der Waals surface area contributed by atoms with Gasteiger partial charge in [-0.05, 0) is 48.2 Å². The van der Waals surface area contributed by atoms with Gasteiger partial charge in [-0.1, -0.05) is 24.3 Å². The maximum Gasteiger partial charge on any atom is 0.115 e. The van der Waals surface area contributed by atoms with Crippen LogP contribution in [0.15, 0.2) is 48.5 Å². The Balaban J connectivity index is 2.27. The summed E-state index contributed by atoms with van der Waals surface area (Å²) < 4.78 is 0. The van der Waals surface area contributed by atoms with Gasteiger partial charge < -0.3 is 49.8 Å². The van der Waals surface area contributed by atoms with Gasteiger partial charge in [0.2, 0.25) is 0 Å². The van der Waals surface area contributed by atoms with Gasteiger partial charge in [-0.15, -0.1) is 0 Å². The van der Waals surface area contributed by atoms with Crippen LogP contribution in [-0.4, -0.2) is 82.2 Å². The summed E-state index contributed by atoms with van der Waals surface area (Å²) in [4.78, 5) is 48.3. The van der Waals surface area contributed by atoms with Crippen molar-refractivity contribution in [2.24, 2.45) is 0 Å². The number of nitrogens with zero attached hydrogens (tertiary/aromatic N) is 2. The third-order valence-electron chi connectivity index (χ3n) is 5.50. The number of carbonyl (C=O) groups excluding carboxylic acids is 4. The zero-order valence-corrected chi connectivity index (χ0v) is 19.1. The SMILES string of the molecule is O=C([O-])CN(CCN(CC(=O)[O-])C(Cc1ccc(O)cc1)C(=O)[O-])C(Cc1ccc(O)cc1)C(=O)[O-]. The first-order chi connectivity index (χ1) is 17.0. The molecule has 194 valence electrons. The van der Waals surface area contributed by atoms with Crippen molar-refractivity contribution in [2.45, 2.75) is 24.9 Å². The third kappa shape index (κ3) is 8.89. The molecule has 0 bridgehead atoms. The van der Waals surface area contributed by atoms with Crippen LogP contribution in [0.25, 0.3) is 0 Å². The quantitative estimate of drug-likeness (QED) is 0.236. The fourth-order valence-electron chi connectivity index (χ4n) is 3.71. The van der Waals surface area contributed by atoms with Crippen LogP contribution in [0, 0.1) is 0 Å². The lowest BCUT2D eigenvalue weighted by atomic mass is 10.0. The molecule has 0 radical (unpaired) electrons. The number of carboxylic acids is 4. The number of hydrogen-bond acceptors (Lipinski definition) is 12. The van der Waals surface area contributed by atoms with Crippen LogP contribution >= 0.6 is 0 Å². The molecule has 36 heavy (non-hydrogen) atoms. The summed E-state index contributed by atoms with van der Waals surface area (Å²) in [6.07, 6.45) is -0.429. The van der Waals surface area contributed by atoms with Crippen molar-refractivity contribution in [3.8, 4) is 11.5 Å².